The Hall–Kier alpha value is -2.66. The van der Waals surface area contributed by atoms with E-state index in [-0.39, 0.29) is 0 Å². The molecule has 116 valence electrons. The van der Waals surface area contributed by atoms with Gasteiger partial charge in [0.1, 0.15) is 5.82 Å². The Bertz CT molecular complexity index is 792. The zero-order chi connectivity index (χ0) is 16.1. The predicted molar refractivity (Wildman–Crippen MR) is 93.1 cm³/mol. The summed E-state index contributed by atoms with van der Waals surface area (Å²) in [6, 6.07) is 15.2. The molecule has 0 radical (unpaired) electrons. The Balaban J connectivity index is 1.73. The van der Waals surface area contributed by atoms with Crippen LogP contribution in [0.15, 0.2) is 54.7 Å². The van der Waals surface area contributed by atoms with Crippen molar-refractivity contribution in [1.29, 1.82) is 0 Å². The van der Waals surface area contributed by atoms with Crippen molar-refractivity contribution in [3.63, 3.8) is 0 Å². The van der Waals surface area contributed by atoms with Crippen LogP contribution in [0.3, 0.4) is 0 Å². The summed E-state index contributed by atoms with van der Waals surface area (Å²) in [5, 5.41) is 7.08. The molecule has 23 heavy (non-hydrogen) atoms. The lowest BCUT2D eigenvalue weighted by Crippen LogP contribution is -2.06. The van der Waals surface area contributed by atoms with Crippen LogP contribution in [0.4, 0.5) is 17.5 Å². The van der Waals surface area contributed by atoms with E-state index in [1.807, 2.05) is 55.5 Å². The number of hydrogen-bond donors (Lipinski definition) is 2. The number of aryl methyl sites for hydroxylation is 1. The number of hydrogen-bond acceptors (Lipinski definition) is 5. The van der Waals surface area contributed by atoms with E-state index in [4.69, 9.17) is 11.6 Å². The van der Waals surface area contributed by atoms with E-state index in [1.54, 1.807) is 6.20 Å². The molecule has 5 nitrogen and oxygen atoms in total. The third-order valence-corrected chi connectivity index (χ3v) is 3.35. The van der Waals surface area contributed by atoms with E-state index in [2.05, 4.69) is 25.6 Å². The topological polar surface area (TPSA) is 62.7 Å². The Morgan fingerprint density at radius 3 is 2.74 bits per heavy atom. The van der Waals surface area contributed by atoms with Crippen molar-refractivity contribution in [2.24, 2.45) is 0 Å². The fraction of sp³-hybridized carbons (Fsp3) is 0.118. The molecule has 1 aromatic carbocycles. The maximum absolute atomic E-state index is 5.99. The Kier molecular flexibility index (Phi) is 4.68. The lowest BCUT2D eigenvalue weighted by molar-refractivity contribution is 1.01. The molecule has 0 spiro atoms. The van der Waals surface area contributed by atoms with Gasteiger partial charge >= 0.3 is 0 Å². The van der Waals surface area contributed by atoms with E-state index in [1.165, 1.54) is 0 Å². The first-order chi connectivity index (χ1) is 11.2. The number of pyridine rings is 1. The second kappa shape index (κ2) is 7.07. The Labute approximate surface area is 139 Å². The van der Waals surface area contributed by atoms with Gasteiger partial charge in [-0.3, -0.25) is 4.98 Å². The molecule has 0 bridgehead atoms. The Morgan fingerprint density at radius 1 is 1.04 bits per heavy atom. The monoisotopic (exact) mass is 325 g/mol. The minimum atomic E-state index is 0.524. The van der Waals surface area contributed by atoms with Gasteiger partial charge in [0.05, 0.1) is 12.2 Å². The standard InChI is InChI=1S/C17H16ClN5/c1-12-9-16(20-11-15-6-2-3-8-19-15)23-17(21-12)22-14-7-4-5-13(18)10-14/h2-10H,11H2,1H3,(H2,20,21,22,23). The van der Waals surface area contributed by atoms with Gasteiger partial charge in [0.2, 0.25) is 5.95 Å². The summed E-state index contributed by atoms with van der Waals surface area (Å²) >= 11 is 5.99. The number of rotatable bonds is 5. The SMILES string of the molecule is Cc1cc(NCc2ccccn2)nc(Nc2cccc(Cl)c2)n1. The average Bonchev–Trinajstić information content (AvgIpc) is 2.53. The van der Waals surface area contributed by atoms with Crippen LogP contribution in [0.1, 0.15) is 11.4 Å². The molecule has 2 heterocycles. The van der Waals surface area contributed by atoms with Crippen LogP contribution >= 0.6 is 11.6 Å². The summed E-state index contributed by atoms with van der Waals surface area (Å²) in [5.41, 5.74) is 2.67. The zero-order valence-electron chi connectivity index (χ0n) is 12.6. The fourth-order valence-corrected chi connectivity index (χ4v) is 2.28. The molecule has 0 aliphatic carbocycles. The summed E-state index contributed by atoms with van der Waals surface area (Å²) in [5.74, 6) is 1.27. The molecule has 3 rings (SSSR count). The predicted octanol–water partition coefficient (Wildman–Crippen LogP) is 4.19. The number of benzene rings is 1. The van der Waals surface area contributed by atoms with Gasteiger partial charge in [-0.2, -0.15) is 4.98 Å². The molecule has 0 fully saturated rings. The number of anilines is 3. The van der Waals surface area contributed by atoms with Crippen LogP contribution in [0, 0.1) is 6.92 Å². The lowest BCUT2D eigenvalue weighted by Gasteiger charge is -2.10. The molecule has 0 atom stereocenters. The van der Waals surface area contributed by atoms with Gasteiger partial charge in [-0.25, -0.2) is 4.98 Å². The number of nitrogens with one attached hydrogen (secondary N) is 2. The third-order valence-electron chi connectivity index (χ3n) is 3.11. The Morgan fingerprint density at radius 2 is 1.96 bits per heavy atom. The van der Waals surface area contributed by atoms with E-state index in [9.17, 15) is 0 Å². The first-order valence-electron chi connectivity index (χ1n) is 7.21. The molecule has 0 aliphatic heterocycles. The molecule has 0 unspecified atom stereocenters. The molecular formula is C17H16ClN5. The first kappa shape index (κ1) is 15.2. The highest BCUT2D eigenvalue weighted by atomic mass is 35.5. The van der Waals surface area contributed by atoms with Crippen molar-refractivity contribution in [3.05, 3.63) is 71.1 Å². The molecular weight excluding hydrogens is 310 g/mol. The number of aromatic nitrogens is 3. The molecule has 0 amide bonds. The largest absolute Gasteiger partial charge is 0.364 e. The summed E-state index contributed by atoms with van der Waals surface area (Å²) in [6.45, 7) is 2.53. The van der Waals surface area contributed by atoms with Gasteiger partial charge in [-0.15, -0.1) is 0 Å². The van der Waals surface area contributed by atoms with Gasteiger partial charge in [-0.05, 0) is 37.3 Å². The molecule has 3 aromatic rings. The maximum Gasteiger partial charge on any atom is 0.229 e. The molecule has 0 aliphatic rings. The van der Waals surface area contributed by atoms with Gasteiger partial charge in [0, 0.05) is 28.7 Å². The second-order valence-electron chi connectivity index (χ2n) is 5.03. The quantitative estimate of drug-likeness (QED) is 0.736. The third kappa shape index (κ3) is 4.40. The fourth-order valence-electron chi connectivity index (χ4n) is 2.09. The summed E-state index contributed by atoms with van der Waals surface area (Å²) in [4.78, 5) is 13.1. The van der Waals surface area contributed by atoms with Crippen LogP contribution in [-0.4, -0.2) is 15.0 Å². The highest BCUT2D eigenvalue weighted by Gasteiger charge is 2.04. The number of nitrogens with zero attached hydrogens (tertiary/aromatic N) is 3. The van der Waals surface area contributed by atoms with E-state index in [0.29, 0.717) is 17.5 Å². The van der Waals surface area contributed by atoms with Gasteiger partial charge in [0.25, 0.3) is 0 Å². The highest BCUT2D eigenvalue weighted by molar-refractivity contribution is 6.30. The maximum atomic E-state index is 5.99. The zero-order valence-corrected chi connectivity index (χ0v) is 13.4. The van der Waals surface area contributed by atoms with Crippen LogP contribution < -0.4 is 10.6 Å². The molecule has 2 N–H and O–H groups in total. The van der Waals surface area contributed by atoms with Crippen LogP contribution in [-0.2, 0) is 6.54 Å². The van der Waals surface area contributed by atoms with Crippen molar-refractivity contribution >= 4 is 29.1 Å². The summed E-state index contributed by atoms with van der Waals surface area (Å²) in [7, 11) is 0. The first-order valence-corrected chi connectivity index (χ1v) is 7.59. The molecule has 0 saturated heterocycles. The molecule has 0 saturated carbocycles. The van der Waals surface area contributed by atoms with Crippen molar-refractivity contribution in [2.45, 2.75) is 13.5 Å². The van der Waals surface area contributed by atoms with Crippen molar-refractivity contribution in [1.82, 2.24) is 15.0 Å². The minimum absolute atomic E-state index is 0.524. The van der Waals surface area contributed by atoms with E-state index >= 15 is 0 Å². The van der Waals surface area contributed by atoms with Gasteiger partial charge in [0.15, 0.2) is 0 Å². The molecule has 2 aromatic heterocycles. The summed E-state index contributed by atoms with van der Waals surface area (Å²) < 4.78 is 0. The van der Waals surface area contributed by atoms with Gasteiger partial charge < -0.3 is 10.6 Å². The summed E-state index contributed by atoms with van der Waals surface area (Å²) in [6.07, 6.45) is 1.77. The van der Waals surface area contributed by atoms with Gasteiger partial charge in [-0.1, -0.05) is 23.7 Å². The average molecular weight is 326 g/mol. The van der Waals surface area contributed by atoms with Crippen LogP contribution in [0.2, 0.25) is 5.02 Å². The lowest BCUT2D eigenvalue weighted by atomic mass is 10.3. The smallest absolute Gasteiger partial charge is 0.229 e. The molecule has 6 heteroatoms. The highest BCUT2D eigenvalue weighted by Crippen LogP contribution is 2.19. The minimum Gasteiger partial charge on any atom is -0.364 e. The van der Waals surface area contributed by atoms with E-state index < -0.39 is 0 Å². The van der Waals surface area contributed by atoms with Crippen LogP contribution in [0.5, 0.6) is 0 Å². The van der Waals surface area contributed by atoms with Crippen molar-refractivity contribution in [3.8, 4) is 0 Å². The van der Waals surface area contributed by atoms with Crippen LogP contribution in [0.25, 0.3) is 0 Å². The normalized spacial score (nSPS) is 10.3. The second-order valence-corrected chi connectivity index (χ2v) is 5.46. The number of halogens is 1. The van der Waals surface area contributed by atoms with E-state index in [0.717, 1.165) is 22.9 Å². The van der Waals surface area contributed by atoms with Crippen molar-refractivity contribution < 1.29 is 0 Å². The van der Waals surface area contributed by atoms with Crippen molar-refractivity contribution in [2.75, 3.05) is 10.6 Å².